The minimum absolute atomic E-state index is 0.127. The highest BCUT2D eigenvalue weighted by atomic mass is 32.2. The normalized spacial score (nSPS) is 25.7. The summed E-state index contributed by atoms with van der Waals surface area (Å²) >= 11 is 0. The average molecular weight is 357 g/mol. The maximum absolute atomic E-state index is 12.5. The standard InChI is InChI=1S/C20H23NO3S/c1-16-7-9-19(10-8-16)25(22,23)24-15-20-11-18(12-20)14-21(20)13-17-5-3-2-4-6-17/h2-10,18H,11-15H2,1H3. The predicted octanol–water partition coefficient (Wildman–Crippen LogP) is 3.36. The maximum Gasteiger partial charge on any atom is 0.297 e. The van der Waals surface area contributed by atoms with Gasteiger partial charge in [0.2, 0.25) is 0 Å². The van der Waals surface area contributed by atoms with Gasteiger partial charge in [-0.05, 0) is 43.4 Å². The summed E-state index contributed by atoms with van der Waals surface area (Å²) in [7, 11) is -3.70. The highest BCUT2D eigenvalue weighted by molar-refractivity contribution is 7.86. The number of benzene rings is 2. The molecule has 2 heterocycles. The van der Waals surface area contributed by atoms with Crippen LogP contribution in [-0.2, 0) is 20.8 Å². The number of fused-ring (bicyclic) bond motifs is 1. The van der Waals surface area contributed by atoms with Gasteiger partial charge in [0, 0.05) is 18.6 Å². The molecule has 132 valence electrons. The van der Waals surface area contributed by atoms with Gasteiger partial charge >= 0.3 is 0 Å². The zero-order chi connectivity index (χ0) is 17.5. The quantitative estimate of drug-likeness (QED) is 0.744. The molecule has 2 saturated heterocycles. The highest BCUT2D eigenvalue weighted by Gasteiger charge is 2.56. The van der Waals surface area contributed by atoms with Crippen molar-refractivity contribution < 1.29 is 12.6 Å². The van der Waals surface area contributed by atoms with Crippen LogP contribution in [0.1, 0.15) is 24.0 Å². The molecule has 5 rings (SSSR count). The van der Waals surface area contributed by atoms with E-state index in [2.05, 4.69) is 17.0 Å². The molecule has 25 heavy (non-hydrogen) atoms. The van der Waals surface area contributed by atoms with Crippen LogP contribution < -0.4 is 0 Å². The van der Waals surface area contributed by atoms with E-state index < -0.39 is 10.1 Å². The first-order chi connectivity index (χ1) is 12.0. The molecule has 0 N–H and O–H groups in total. The summed E-state index contributed by atoms with van der Waals surface area (Å²) in [4.78, 5) is 2.63. The van der Waals surface area contributed by atoms with Crippen LogP contribution in [0.15, 0.2) is 59.5 Å². The SMILES string of the molecule is Cc1ccc(S(=O)(=O)OCC23CC(CN2Cc2ccccc2)C3)cc1. The second-order valence-corrected chi connectivity index (χ2v) is 9.01. The monoisotopic (exact) mass is 357 g/mol. The lowest BCUT2D eigenvalue weighted by molar-refractivity contribution is 0.0469. The Balaban J connectivity index is 1.45. The van der Waals surface area contributed by atoms with Crippen LogP contribution in [0, 0.1) is 12.8 Å². The lowest BCUT2D eigenvalue weighted by Crippen LogP contribution is -2.49. The smallest absolute Gasteiger partial charge is 0.291 e. The lowest BCUT2D eigenvalue weighted by Gasteiger charge is -2.41. The van der Waals surface area contributed by atoms with Gasteiger partial charge in [-0.2, -0.15) is 8.42 Å². The van der Waals surface area contributed by atoms with E-state index in [1.54, 1.807) is 24.3 Å². The maximum atomic E-state index is 12.5. The molecule has 1 saturated carbocycles. The Kier molecular flexibility index (Phi) is 4.18. The molecule has 0 spiro atoms. The molecule has 5 heteroatoms. The van der Waals surface area contributed by atoms with E-state index in [9.17, 15) is 8.42 Å². The van der Waals surface area contributed by atoms with Crippen LogP contribution in [0.5, 0.6) is 0 Å². The van der Waals surface area contributed by atoms with Gasteiger partial charge in [-0.25, -0.2) is 0 Å². The van der Waals surface area contributed by atoms with E-state index in [4.69, 9.17) is 4.18 Å². The van der Waals surface area contributed by atoms with Crippen molar-refractivity contribution in [3.8, 4) is 0 Å². The number of hydrogen-bond acceptors (Lipinski definition) is 4. The Bertz CT molecular complexity index is 840. The van der Waals surface area contributed by atoms with E-state index in [1.807, 2.05) is 25.1 Å². The second-order valence-electron chi connectivity index (χ2n) is 7.39. The Morgan fingerprint density at radius 2 is 1.76 bits per heavy atom. The number of hydrogen-bond donors (Lipinski definition) is 0. The van der Waals surface area contributed by atoms with Crippen molar-refractivity contribution in [2.75, 3.05) is 13.2 Å². The second kappa shape index (κ2) is 6.24. The van der Waals surface area contributed by atoms with Crippen molar-refractivity contribution in [2.45, 2.75) is 36.7 Å². The zero-order valence-electron chi connectivity index (χ0n) is 14.4. The first-order valence-corrected chi connectivity index (χ1v) is 10.1. The molecule has 2 aliphatic heterocycles. The van der Waals surface area contributed by atoms with E-state index in [-0.39, 0.29) is 17.0 Å². The third-order valence-corrected chi connectivity index (χ3v) is 6.77. The van der Waals surface area contributed by atoms with Crippen LogP contribution in [-0.4, -0.2) is 32.0 Å². The van der Waals surface area contributed by atoms with Gasteiger partial charge < -0.3 is 0 Å². The first-order valence-electron chi connectivity index (χ1n) is 8.72. The molecular weight excluding hydrogens is 334 g/mol. The first kappa shape index (κ1) is 16.8. The minimum Gasteiger partial charge on any atom is -0.291 e. The summed E-state index contributed by atoms with van der Waals surface area (Å²) in [6.07, 6.45) is 2.06. The van der Waals surface area contributed by atoms with E-state index >= 15 is 0 Å². The molecule has 0 radical (unpaired) electrons. The summed E-state index contributed by atoms with van der Waals surface area (Å²) in [6, 6.07) is 17.2. The van der Waals surface area contributed by atoms with Crippen molar-refractivity contribution in [3.05, 3.63) is 65.7 Å². The van der Waals surface area contributed by atoms with Crippen molar-refractivity contribution in [2.24, 2.45) is 5.92 Å². The molecule has 1 aliphatic carbocycles. The van der Waals surface area contributed by atoms with Gasteiger partial charge in [0.25, 0.3) is 10.1 Å². The fourth-order valence-electron chi connectivity index (χ4n) is 4.11. The Labute approximate surface area is 149 Å². The third-order valence-electron chi connectivity index (χ3n) is 5.50. The fraction of sp³-hybridized carbons (Fsp3) is 0.400. The van der Waals surface area contributed by atoms with E-state index in [1.165, 1.54) is 5.56 Å². The molecule has 0 aromatic heterocycles. The molecule has 2 aromatic rings. The molecule has 2 bridgehead atoms. The molecule has 0 amide bonds. The lowest BCUT2D eigenvalue weighted by atomic mass is 9.74. The third kappa shape index (κ3) is 3.24. The number of aryl methyl sites for hydroxylation is 1. The Morgan fingerprint density at radius 3 is 2.44 bits per heavy atom. The Morgan fingerprint density at radius 1 is 1.08 bits per heavy atom. The molecular formula is C20H23NO3S. The van der Waals surface area contributed by atoms with E-state index in [0.29, 0.717) is 5.92 Å². The van der Waals surface area contributed by atoms with Gasteiger partial charge in [-0.3, -0.25) is 9.08 Å². The van der Waals surface area contributed by atoms with Gasteiger partial charge in [-0.1, -0.05) is 48.0 Å². The Hall–Kier alpha value is -1.69. The molecule has 4 nitrogen and oxygen atoms in total. The molecule has 3 fully saturated rings. The summed E-state index contributed by atoms with van der Waals surface area (Å²) < 4.78 is 30.4. The minimum atomic E-state index is -3.70. The van der Waals surface area contributed by atoms with Crippen molar-refractivity contribution in [1.82, 2.24) is 4.90 Å². The van der Waals surface area contributed by atoms with Crippen molar-refractivity contribution in [1.29, 1.82) is 0 Å². The van der Waals surface area contributed by atoms with Gasteiger partial charge in [0.05, 0.1) is 11.5 Å². The topological polar surface area (TPSA) is 46.6 Å². The van der Waals surface area contributed by atoms with Crippen LogP contribution in [0.3, 0.4) is 0 Å². The fourth-order valence-corrected chi connectivity index (χ4v) is 5.09. The van der Waals surface area contributed by atoms with Gasteiger partial charge in [0.1, 0.15) is 0 Å². The molecule has 0 atom stereocenters. The van der Waals surface area contributed by atoms with Gasteiger partial charge in [-0.15, -0.1) is 0 Å². The van der Waals surface area contributed by atoms with E-state index in [0.717, 1.165) is 31.5 Å². The average Bonchev–Trinajstić information content (AvgIpc) is 3.08. The van der Waals surface area contributed by atoms with Crippen LogP contribution in [0.4, 0.5) is 0 Å². The van der Waals surface area contributed by atoms with Crippen molar-refractivity contribution >= 4 is 10.1 Å². The summed E-state index contributed by atoms with van der Waals surface area (Å²) in [5.74, 6) is 0.675. The molecule has 0 unspecified atom stereocenters. The van der Waals surface area contributed by atoms with Crippen LogP contribution >= 0.6 is 0 Å². The van der Waals surface area contributed by atoms with Crippen LogP contribution in [0.2, 0.25) is 0 Å². The molecule has 2 aromatic carbocycles. The van der Waals surface area contributed by atoms with Crippen LogP contribution in [0.25, 0.3) is 0 Å². The van der Waals surface area contributed by atoms with Crippen molar-refractivity contribution in [3.63, 3.8) is 0 Å². The summed E-state index contributed by atoms with van der Waals surface area (Å²) in [5.41, 5.74) is 2.16. The summed E-state index contributed by atoms with van der Waals surface area (Å²) in [5, 5.41) is 0. The van der Waals surface area contributed by atoms with Gasteiger partial charge in [0.15, 0.2) is 0 Å². The zero-order valence-corrected chi connectivity index (χ0v) is 15.2. The number of rotatable bonds is 6. The number of nitrogens with zero attached hydrogens (tertiary/aromatic N) is 1. The predicted molar refractivity (Wildman–Crippen MR) is 96.6 cm³/mol. The summed E-state index contributed by atoms with van der Waals surface area (Å²) in [6.45, 7) is 4.06. The highest BCUT2D eigenvalue weighted by Crippen LogP contribution is 2.51. The largest absolute Gasteiger partial charge is 0.297 e. The molecule has 3 aliphatic rings.